The van der Waals surface area contributed by atoms with E-state index in [1.165, 1.54) is 0 Å². The van der Waals surface area contributed by atoms with E-state index in [-0.39, 0.29) is 29.3 Å². The largest absolute Gasteiger partial charge is 0.462 e. The minimum Gasteiger partial charge on any atom is -0.462 e. The zero-order valence-corrected chi connectivity index (χ0v) is 16.3. The zero-order valence-electron chi connectivity index (χ0n) is 16.3. The number of carbonyl (C=O) groups excluding carboxylic acids is 2. The van der Waals surface area contributed by atoms with E-state index in [0.717, 1.165) is 32.1 Å². The van der Waals surface area contributed by atoms with Gasteiger partial charge in [0.2, 0.25) is 5.91 Å². The molecule has 0 aromatic heterocycles. The SMILES string of the molecule is C[C@@H]1CCCC(=O)N(C)/C=C\CC[C@@H](C)C(=O)O[C@H](C(C)(C)C)C1. The second-order valence-corrected chi connectivity index (χ2v) is 8.39. The van der Waals surface area contributed by atoms with Crippen molar-refractivity contribution < 1.29 is 14.3 Å². The fraction of sp³-hybridized carbons (Fsp3) is 0.800. The molecule has 0 unspecified atom stereocenters. The van der Waals surface area contributed by atoms with E-state index in [9.17, 15) is 9.59 Å². The summed E-state index contributed by atoms with van der Waals surface area (Å²) in [5.74, 6) is 0.355. The number of carbonyl (C=O) groups is 2. The first-order valence-corrected chi connectivity index (χ1v) is 9.24. The average molecular weight is 338 g/mol. The van der Waals surface area contributed by atoms with Crippen LogP contribution in [-0.4, -0.2) is 29.9 Å². The lowest BCUT2D eigenvalue weighted by Gasteiger charge is -2.33. The van der Waals surface area contributed by atoms with Crippen LogP contribution in [0.15, 0.2) is 12.3 Å². The number of rotatable bonds is 0. The van der Waals surface area contributed by atoms with Crippen LogP contribution in [0.3, 0.4) is 0 Å². The number of ether oxygens (including phenoxy) is 1. The van der Waals surface area contributed by atoms with Gasteiger partial charge >= 0.3 is 5.97 Å². The van der Waals surface area contributed by atoms with Gasteiger partial charge in [0, 0.05) is 19.7 Å². The maximum Gasteiger partial charge on any atom is 0.308 e. The normalized spacial score (nSPS) is 30.2. The molecule has 0 radical (unpaired) electrons. The number of amides is 1. The van der Waals surface area contributed by atoms with Crippen LogP contribution in [0, 0.1) is 17.3 Å². The van der Waals surface area contributed by atoms with Gasteiger partial charge in [-0.15, -0.1) is 0 Å². The van der Waals surface area contributed by atoms with Gasteiger partial charge in [-0.1, -0.05) is 47.1 Å². The Labute approximate surface area is 147 Å². The highest BCUT2D eigenvalue weighted by Crippen LogP contribution is 2.30. The van der Waals surface area contributed by atoms with E-state index >= 15 is 0 Å². The molecular weight excluding hydrogens is 302 g/mol. The molecule has 3 atom stereocenters. The molecule has 1 rings (SSSR count). The second-order valence-electron chi connectivity index (χ2n) is 8.39. The molecule has 1 amide bonds. The maximum absolute atomic E-state index is 12.4. The van der Waals surface area contributed by atoms with Gasteiger partial charge in [-0.05, 0) is 37.0 Å². The summed E-state index contributed by atoms with van der Waals surface area (Å²) < 4.78 is 5.88. The molecule has 0 aromatic carbocycles. The van der Waals surface area contributed by atoms with Crippen LogP contribution >= 0.6 is 0 Å². The fourth-order valence-corrected chi connectivity index (χ4v) is 2.88. The van der Waals surface area contributed by atoms with E-state index in [1.54, 1.807) is 11.9 Å². The Morgan fingerprint density at radius 3 is 2.46 bits per heavy atom. The van der Waals surface area contributed by atoms with E-state index in [4.69, 9.17) is 4.74 Å². The molecule has 138 valence electrons. The molecule has 24 heavy (non-hydrogen) atoms. The fourth-order valence-electron chi connectivity index (χ4n) is 2.88. The summed E-state index contributed by atoms with van der Waals surface area (Å²) in [6.45, 7) is 10.5. The summed E-state index contributed by atoms with van der Waals surface area (Å²) >= 11 is 0. The zero-order chi connectivity index (χ0) is 18.3. The molecule has 1 aliphatic rings. The van der Waals surface area contributed by atoms with Gasteiger partial charge < -0.3 is 9.64 Å². The van der Waals surface area contributed by atoms with Crippen molar-refractivity contribution in [3.63, 3.8) is 0 Å². The minimum atomic E-state index is -0.124. The molecule has 0 aliphatic carbocycles. The van der Waals surface area contributed by atoms with Crippen molar-refractivity contribution in [1.29, 1.82) is 0 Å². The summed E-state index contributed by atoms with van der Waals surface area (Å²) in [4.78, 5) is 26.2. The third-order valence-corrected chi connectivity index (χ3v) is 4.82. The van der Waals surface area contributed by atoms with Crippen LogP contribution in [-0.2, 0) is 14.3 Å². The van der Waals surface area contributed by atoms with Gasteiger partial charge in [-0.3, -0.25) is 9.59 Å². The highest BCUT2D eigenvalue weighted by molar-refractivity contribution is 5.76. The molecule has 1 heterocycles. The number of hydrogen-bond donors (Lipinski definition) is 0. The number of allylic oxidation sites excluding steroid dienone is 1. The van der Waals surface area contributed by atoms with E-state index < -0.39 is 0 Å². The molecule has 0 fully saturated rings. The van der Waals surface area contributed by atoms with E-state index in [0.29, 0.717) is 12.3 Å². The average Bonchev–Trinajstić information content (AvgIpc) is 2.48. The highest BCUT2D eigenvalue weighted by atomic mass is 16.5. The van der Waals surface area contributed by atoms with Crippen molar-refractivity contribution >= 4 is 11.9 Å². The second kappa shape index (κ2) is 9.24. The molecule has 0 spiro atoms. The lowest BCUT2D eigenvalue weighted by Crippen LogP contribution is -2.35. The van der Waals surface area contributed by atoms with Crippen molar-refractivity contribution in [3.05, 3.63) is 12.3 Å². The molecule has 0 bridgehead atoms. The number of cyclic esters (lactones) is 1. The standard InChI is InChI=1S/C20H35NO3/c1-15-10-9-12-18(22)21(6)13-8-7-11-16(2)19(23)24-17(14-15)20(3,4)5/h8,13,15-17H,7,9-12,14H2,1-6H3/b13-8-/t15-,16-,17+/m1/s1. The number of esters is 1. The summed E-state index contributed by atoms with van der Waals surface area (Å²) in [5, 5.41) is 0. The third-order valence-electron chi connectivity index (χ3n) is 4.82. The van der Waals surface area contributed by atoms with Gasteiger partial charge in [0.1, 0.15) is 6.10 Å². The number of nitrogens with zero attached hydrogens (tertiary/aromatic N) is 1. The van der Waals surface area contributed by atoms with Crippen molar-refractivity contribution in [3.8, 4) is 0 Å². The third kappa shape index (κ3) is 7.06. The quantitative estimate of drug-likeness (QED) is 0.610. The Hall–Kier alpha value is -1.32. The predicted octanol–water partition coefficient (Wildman–Crippen LogP) is 4.54. The highest BCUT2D eigenvalue weighted by Gasteiger charge is 2.31. The van der Waals surface area contributed by atoms with Crippen LogP contribution in [0.5, 0.6) is 0 Å². The van der Waals surface area contributed by atoms with Crippen LogP contribution in [0.25, 0.3) is 0 Å². The molecule has 0 aromatic rings. The van der Waals surface area contributed by atoms with E-state index in [2.05, 4.69) is 27.7 Å². The first kappa shape index (κ1) is 20.7. The van der Waals surface area contributed by atoms with Crippen LogP contribution in [0.1, 0.15) is 73.1 Å². The molecule has 0 N–H and O–H groups in total. The van der Waals surface area contributed by atoms with Gasteiger partial charge in [0.05, 0.1) is 5.92 Å². The summed E-state index contributed by atoms with van der Waals surface area (Å²) in [6, 6.07) is 0. The van der Waals surface area contributed by atoms with Crippen molar-refractivity contribution in [2.24, 2.45) is 17.3 Å². The Bertz CT molecular complexity index is 450. The van der Waals surface area contributed by atoms with Gasteiger partial charge in [-0.25, -0.2) is 0 Å². The van der Waals surface area contributed by atoms with Crippen molar-refractivity contribution in [1.82, 2.24) is 4.90 Å². The van der Waals surface area contributed by atoms with Crippen LogP contribution in [0.4, 0.5) is 0 Å². The van der Waals surface area contributed by atoms with Crippen molar-refractivity contribution in [2.45, 2.75) is 79.2 Å². The smallest absolute Gasteiger partial charge is 0.308 e. The molecule has 0 saturated carbocycles. The van der Waals surface area contributed by atoms with Crippen molar-refractivity contribution in [2.75, 3.05) is 7.05 Å². The predicted molar refractivity (Wildman–Crippen MR) is 97.3 cm³/mol. The Morgan fingerprint density at radius 1 is 1.17 bits per heavy atom. The lowest BCUT2D eigenvalue weighted by molar-refractivity contribution is -0.160. The van der Waals surface area contributed by atoms with Gasteiger partial charge in [0.15, 0.2) is 0 Å². The molecule has 1 aliphatic heterocycles. The van der Waals surface area contributed by atoms with Gasteiger partial charge in [-0.2, -0.15) is 0 Å². The Morgan fingerprint density at radius 2 is 1.83 bits per heavy atom. The first-order chi connectivity index (χ1) is 11.1. The Balaban J connectivity index is 2.86. The van der Waals surface area contributed by atoms with E-state index in [1.807, 2.05) is 19.2 Å². The first-order valence-electron chi connectivity index (χ1n) is 9.24. The topological polar surface area (TPSA) is 46.6 Å². The molecule has 4 heteroatoms. The molecular formula is C20H35NO3. The summed E-state index contributed by atoms with van der Waals surface area (Å²) in [6.07, 6.45) is 8.48. The minimum absolute atomic E-state index is 0.0759. The lowest BCUT2D eigenvalue weighted by atomic mass is 9.82. The van der Waals surface area contributed by atoms with Crippen LogP contribution in [0.2, 0.25) is 0 Å². The summed E-state index contributed by atoms with van der Waals surface area (Å²) in [7, 11) is 1.80. The maximum atomic E-state index is 12.4. The summed E-state index contributed by atoms with van der Waals surface area (Å²) in [5.41, 5.74) is -0.0759. The molecule has 4 nitrogen and oxygen atoms in total. The van der Waals surface area contributed by atoms with Gasteiger partial charge in [0.25, 0.3) is 0 Å². The van der Waals surface area contributed by atoms with Crippen LogP contribution < -0.4 is 0 Å². The monoisotopic (exact) mass is 337 g/mol. The number of hydrogen-bond acceptors (Lipinski definition) is 3. The molecule has 0 saturated heterocycles. The Kier molecular flexibility index (Phi) is 7.98.